The van der Waals surface area contributed by atoms with Crippen LogP contribution in [0.5, 0.6) is 0 Å². The Labute approximate surface area is 180 Å². The summed E-state index contributed by atoms with van der Waals surface area (Å²) >= 11 is 6.03. The fraction of sp³-hybridized carbons (Fsp3) is 0.261. The van der Waals surface area contributed by atoms with E-state index in [1.807, 2.05) is 47.4 Å². The molecule has 0 amide bonds. The van der Waals surface area contributed by atoms with Crippen LogP contribution in [0.15, 0.2) is 54.6 Å². The Hall–Kier alpha value is -2.96. The maximum absolute atomic E-state index is 11.7. The summed E-state index contributed by atoms with van der Waals surface area (Å²) < 4.78 is 5.18. The van der Waals surface area contributed by atoms with Crippen LogP contribution in [-0.4, -0.2) is 40.7 Å². The molecular formula is C23H22ClN3O3. The topological polar surface area (TPSA) is 75.5 Å². The molecule has 0 spiro atoms. The van der Waals surface area contributed by atoms with E-state index in [0.29, 0.717) is 36.2 Å². The molecule has 1 saturated heterocycles. The van der Waals surface area contributed by atoms with Gasteiger partial charge in [0.2, 0.25) is 0 Å². The summed E-state index contributed by atoms with van der Waals surface area (Å²) in [6.07, 6.45) is 1.43. The smallest absolute Gasteiger partial charge is 0.326 e. The lowest BCUT2D eigenvalue weighted by molar-refractivity contribution is -0.138. The lowest BCUT2D eigenvalue weighted by atomic mass is 10.1. The molecule has 4 rings (SSSR count). The van der Waals surface area contributed by atoms with Gasteiger partial charge in [-0.2, -0.15) is 0 Å². The second kappa shape index (κ2) is 8.81. The first-order valence-corrected chi connectivity index (χ1v) is 10.2. The first-order valence-electron chi connectivity index (χ1n) is 9.78. The van der Waals surface area contributed by atoms with E-state index in [-0.39, 0.29) is 0 Å². The Balaban J connectivity index is 1.79. The van der Waals surface area contributed by atoms with E-state index in [0.717, 1.165) is 28.8 Å². The molecule has 2 aromatic carbocycles. The molecule has 154 valence electrons. The molecule has 1 aliphatic heterocycles. The predicted molar refractivity (Wildman–Crippen MR) is 117 cm³/mol. The average molecular weight is 424 g/mol. The van der Waals surface area contributed by atoms with Gasteiger partial charge in [-0.05, 0) is 42.7 Å². The average Bonchev–Trinajstić information content (AvgIpc) is 3.25. The number of hydrogen-bond donors (Lipinski definition) is 1. The van der Waals surface area contributed by atoms with Crippen LogP contribution < -0.4 is 4.90 Å². The van der Waals surface area contributed by atoms with E-state index >= 15 is 0 Å². The van der Waals surface area contributed by atoms with Crippen LogP contribution in [0.1, 0.15) is 18.4 Å². The molecule has 0 aliphatic carbocycles. The summed E-state index contributed by atoms with van der Waals surface area (Å²) in [5.74, 6) is 0.330. The van der Waals surface area contributed by atoms with Crippen molar-refractivity contribution >= 4 is 23.4 Å². The van der Waals surface area contributed by atoms with E-state index in [4.69, 9.17) is 26.3 Å². The van der Waals surface area contributed by atoms with Crippen molar-refractivity contribution in [2.24, 2.45) is 0 Å². The van der Waals surface area contributed by atoms with Gasteiger partial charge in [0.1, 0.15) is 11.9 Å². The van der Waals surface area contributed by atoms with Gasteiger partial charge in [-0.1, -0.05) is 35.9 Å². The standard InChI is InChI=1S/C23H22ClN3O3/c1-30-14-15-4-6-16(7-5-15)19-13-21(27-12-2-3-20(27)23(28)29)26-22(25-19)17-8-10-18(24)11-9-17/h4-11,13,20H,2-3,12,14H2,1H3,(H,28,29)/t20-/m1/s1. The Morgan fingerprint density at radius 2 is 1.83 bits per heavy atom. The molecule has 6 nitrogen and oxygen atoms in total. The van der Waals surface area contributed by atoms with Crippen molar-refractivity contribution in [1.82, 2.24) is 9.97 Å². The summed E-state index contributed by atoms with van der Waals surface area (Å²) in [5, 5.41) is 10.3. The van der Waals surface area contributed by atoms with Gasteiger partial charge in [0.25, 0.3) is 0 Å². The highest BCUT2D eigenvalue weighted by Crippen LogP contribution is 2.31. The van der Waals surface area contributed by atoms with Crippen molar-refractivity contribution in [1.29, 1.82) is 0 Å². The van der Waals surface area contributed by atoms with Crippen molar-refractivity contribution in [3.05, 3.63) is 65.2 Å². The van der Waals surface area contributed by atoms with Crippen molar-refractivity contribution in [2.45, 2.75) is 25.5 Å². The zero-order chi connectivity index (χ0) is 21.1. The molecule has 1 aromatic heterocycles. The van der Waals surface area contributed by atoms with Crippen LogP contribution in [0.2, 0.25) is 5.02 Å². The molecule has 7 heteroatoms. The zero-order valence-corrected chi connectivity index (χ0v) is 17.3. The van der Waals surface area contributed by atoms with Crippen molar-refractivity contribution < 1.29 is 14.6 Å². The minimum Gasteiger partial charge on any atom is -0.480 e. The molecule has 0 radical (unpaired) electrons. The number of methoxy groups -OCH3 is 1. The number of nitrogens with zero attached hydrogens (tertiary/aromatic N) is 3. The highest BCUT2D eigenvalue weighted by molar-refractivity contribution is 6.30. The van der Waals surface area contributed by atoms with Gasteiger partial charge in [0.05, 0.1) is 12.3 Å². The molecular weight excluding hydrogens is 402 g/mol. The summed E-state index contributed by atoms with van der Waals surface area (Å²) in [4.78, 5) is 23.0. The SMILES string of the molecule is COCc1ccc(-c2cc(N3CCC[C@@H]3C(=O)O)nc(-c3ccc(Cl)cc3)n2)cc1. The van der Waals surface area contributed by atoms with Gasteiger partial charge < -0.3 is 14.7 Å². The van der Waals surface area contributed by atoms with E-state index in [2.05, 4.69) is 0 Å². The quantitative estimate of drug-likeness (QED) is 0.621. The third-order valence-electron chi connectivity index (χ3n) is 5.21. The summed E-state index contributed by atoms with van der Waals surface area (Å²) in [6.45, 7) is 1.19. The fourth-order valence-electron chi connectivity index (χ4n) is 3.69. The molecule has 1 aliphatic rings. The Morgan fingerprint density at radius 3 is 2.50 bits per heavy atom. The highest BCUT2D eigenvalue weighted by atomic mass is 35.5. The molecule has 0 bridgehead atoms. The largest absolute Gasteiger partial charge is 0.480 e. The van der Waals surface area contributed by atoms with Gasteiger partial charge in [0, 0.05) is 35.9 Å². The Kier molecular flexibility index (Phi) is 5.97. The van der Waals surface area contributed by atoms with Gasteiger partial charge >= 0.3 is 5.97 Å². The van der Waals surface area contributed by atoms with Crippen molar-refractivity contribution in [3.8, 4) is 22.6 Å². The Morgan fingerprint density at radius 1 is 1.13 bits per heavy atom. The maximum atomic E-state index is 11.7. The summed E-state index contributed by atoms with van der Waals surface area (Å²) in [7, 11) is 1.66. The Bertz CT molecular complexity index is 1040. The van der Waals surface area contributed by atoms with Crippen molar-refractivity contribution in [3.63, 3.8) is 0 Å². The number of halogens is 1. The number of rotatable bonds is 6. The van der Waals surface area contributed by atoms with E-state index < -0.39 is 12.0 Å². The van der Waals surface area contributed by atoms with Crippen LogP contribution in [0, 0.1) is 0 Å². The first-order chi connectivity index (χ1) is 14.5. The molecule has 0 unspecified atom stereocenters. The number of carboxylic acid groups (broad SMARTS) is 1. The monoisotopic (exact) mass is 423 g/mol. The number of aliphatic carboxylic acids is 1. The minimum atomic E-state index is -0.829. The van der Waals surface area contributed by atoms with E-state index in [1.165, 1.54) is 0 Å². The van der Waals surface area contributed by atoms with Crippen molar-refractivity contribution in [2.75, 3.05) is 18.6 Å². The number of hydrogen-bond acceptors (Lipinski definition) is 5. The lowest BCUT2D eigenvalue weighted by Crippen LogP contribution is -2.36. The lowest BCUT2D eigenvalue weighted by Gasteiger charge is -2.23. The van der Waals surface area contributed by atoms with Crippen LogP contribution in [0.25, 0.3) is 22.6 Å². The second-order valence-corrected chi connectivity index (χ2v) is 7.70. The minimum absolute atomic E-state index is 0.538. The first kappa shape index (κ1) is 20.3. The third-order valence-corrected chi connectivity index (χ3v) is 5.46. The van der Waals surface area contributed by atoms with Gasteiger partial charge in [-0.3, -0.25) is 0 Å². The number of carbonyl (C=O) groups is 1. The van der Waals surface area contributed by atoms with E-state index in [9.17, 15) is 9.90 Å². The fourth-order valence-corrected chi connectivity index (χ4v) is 3.82. The summed E-state index contributed by atoms with van der Waals surface area (Å²) in [6, 6.07) is 16.6. The maximum Gasteiger partial charge on any atom is 0.326 e. The molecule has 1 N–H and O–H groups in total. The molecule has 1 atom stereocenters. The summed E-state index contributed by atoms with van der Waals surface area (Å²) in [5.41, 5.74) is 3.56. The number of anilines is 1. The zero-order valence-electron chi connectivity index (χ0n) is 16.6. The normalized spacial score (nSPS) is 16.1. The van der Waals surface area contributed by atoms with Crippen LogP contribution in [0.4, 0.5) is 5.82 Å². The molecule has 1 fully saturated rings. The molecule has 3 aromatic rings. The molecule has 0 saturated carbocycles. The van der Waals surface area contributed by atoms with Gasteiger partial charge in [0.15, 0.2) is 5.82 Å². The van der Waals surface area contributed by atoms with Gasteiger partial charge in [-0.15, -0.1) is 0 Å². The van der Waals surface area contributed by atoms with Crippen LogP contribution >= 0.6 is 11.6 Å². The number of benzene rings is 2. The van der Waals surface area contributed by atoms with Crippen LogP contribution in [-0.2, 0) is 16.1 Å². The van der Waals surface area contributed by atoms with Gasteiger partial charge in [-0.25, -0.2) is 14.8 Å². The molecule has 2 heterocycles. The van der Waals surface area contributed by atoms with Crippen LogP contribution in [0.3, 0.4) is 0 Å². The number of carboxylic acids is 1. The molecule has 30 heavy (non-hydrogen) atoms. The highest BCUT2D eigenvalue weighted by Gasteiger charge is 2.32. The number of ether oxygens (including phenoxy) is 1. The number of aromatic nitrogens is 2. The predicted octanol–water partition coefficient (Wildman–Crippen LogP) is 4.66. The van der Waals surface area contributed by atoms with E-state index in [1.54, 1.807) is 19.2 Å². The third kappa shape index (κ3) is 4.30. The second-order valence-electron chi connectivity index (χ2n) is 7.26.